The topological polar surface area (TPSA) is 283 Å². The van der Waals surface area contributed by atoms with Crippen molar-refractivity contribution < 1.29 is 72.5 Å². The lowest BCUT2D eigenvalue weighted by Crippen LogP contribution is -2.61. The van der Waals surface area contributed by atoms with Gasteiger partial charge < -0.3 is 64.2 Å². The maximum atomic E-state index is 14.7. The number of piperazine rings is 1. The number of cyclic esters (lactones) is 1. The molecule has 1 aromatic rings. The minimum Gasteiger partial charge on any atom is -0.459 e. The fourth-order valence-corrected chi connectivity index (χ4v) is 13.2. The third-order valence-electron chi connectivity index (χ3n) is 19.0. The Hall–Kier alpha value is -5.30. The van der Waals surface area contributed by atoms with Gasteiger partial charge in [-0.15, -0.1) is 0 Å². The van der Waals surface area contributed by atoms with Crippen molar-refractivity contribution in [2.75, 3.05) is 78.1 Å². The van der Waals surface area contributed by atoms with Gasteiger partial charge in [0.25, 0.3) is 11.7 Å². The van der Waals surface area contributed by atoms with Crippen LogP contribution in [0.5, 0.6) is 0 Å². The summed E-state index contributed by atoms with van der Waals surface area (Å²) in [6.45, 7) is 19.0. The van der Waals surface area contributed by atoms with Crippen molar-refractivity contribution in [1.29, 1.82) is 0 Å². The number of aliphatic hydroxyl groups excluding tert-OH is 2. The van der Waals surface area contributed by atoms with Gasteiger partial charge in [-0.1, -0.05) is 71.1 Å². The van der Waals surface area contributed by atoms with Crippen molar-refractivity contribution in [3.8, 4) is 0 Å². The highest BCUT2D eigenvalue weighted by Crippen LogP contribution is 2.38. The molecular weight excluding hydrogens is 1130 g/mol. The molecule has 15 atom stereocenters. The van der Waals surface area contributed by atoms with Crippen LogP contribution in [0.15, 0.2) is 53.8 Å². The van der Waals surface area contributed by atoms with Crippen LogP contribution in [0.4, 0.5) is 10.7 Å². The molecule has 6 heterocycles. The van der Waals surface area contributed by atoms with E-state index >= 15 is 0 Å². The molecule has 6 aliphatic rings. The van der Waals surface area contributed by atoms with Gasteiger partial charge >= 0.3 is 12.1 Å². The highest BCUT2D eigenvalue weighted by molar-refractivity contribution is 6.39. The quantitative estimate of drug-likeness (QED) is 0.0838. The van der Waals surface area contributed by atoms with Gasteiger partial charge in [0.15, 0.2) is 5.78 Å². The molecular formula is C66H101N7O15. The van der Waals surface area contributed by atoms with Gasteiger partial charge in [-0.25, -0.2) is 19.6 Å². The van der Waals surface area contributed by atoms with Crippen molar-refractivity contribution in [3.63, 3.8) is 0 Å². The summed E-state index contributed by atoms with van der Waals surface area (Å²) in [6.07, 6.45) is 10.9. The standard InChI is InChI=1S/C66H101N7O15/c1-10-31-85-32-30-70-26-28-71(29-27-70)64-68-39-48-40-72(25-23-51(48)69-64)65(81)87-54-22-20-47(36-57(54)84-9)35-50(67)56-38-53(74)43(4)34-45(6)59(76)60(77)58(75)44(5)33-41(2)16-12-11-13-17-42(3)55(83-8)37-49-21-19-46(7)66(82,88-49)61(78)62(79)73-24-15-14-18-52(73)63(80)86-56/h11-13,16-17,34,39,41,43-44,46-47,49-50,52,54-57,59-60,76-77,82H,10,14-15,18-33,35-38,40,67H2,1-9H3/b13-11+,16-12+,42-17+,45-34+/t41-,43-,44-,46-,47+,49+,50-,52+,54-,55+,56+,57-,59-,60+,66-/m1/s1. The van der Waals surface area contributed by atoms with Gasteiger partial charge in [-0.05, 0) is 107 Å². The molecule has 2 bridgehead atoms. The normalized spacial score (nSPS) is 34.9. The van der Waals surface area contributed by atoms with E-state index in [1.54, 1.807) is 39.9 Å². The number of aliphatic hydroxyl groups is 3. The summed E-state index contributed by atoms with van der Waals surface area (Å²) in [6, 6.07) is -2.20. The summed E-state index contributed by atoms with van der Waals surface area (Å²) in [7, 11) is 3.12. The second-order valence-electron chi connectivity index (χ2n) is 25.7. The smallest absolute Gasteiger partial charge is 0.410 e. The second kappa shape index (κ2) is 33.1. The number of piperidine rings is 1. The first-order chi connectivity index (χ1) is 42.0. The average Bonchev–Trinajstić information content (AvgIpc) is 1.31. The Bertz CT molecular complexity index is 2660. The maximum absolute atomic E-state index is 14.7. The Morgan fingerprint density at radius 1 is 0.852 bits per heavy atom. The van der Waals surface area contributed by atoms with Crippen LogP contribution in [0.3, 0.4) is 0 Å². The largest absolute Gasteiger partial charge is 0.459 e. The number of carbonyl (C=O) groups is 6. The number of esters is 1. The molecule has 2 amide bonds. The van der Waals surface area contributed by atoms with Crippen LogP contribution in [0, 0.1) is 29.6 Å². The molecule has 490 valence electrons. The molecule has 22 nitrogen and oxygen atoms in total. The lowest BCUT2D eigenvalue weighted by Gasteiger charge is -2.42. The number of rotatable bonds is 12. The molecule has 1 saturated carbocycles. The summed E-state index contributed by atoms with van der Waals surface area (Å²) < 4.78 is 36.1. The zero-order chi connectivity index (χ0) is 63.8. The molecule has 0 aromatic carbocycles. The SMILES string of the molecule is CCCOCCN1CCN(c2ncc3c(n2)CCN(C(=O)O[C@@H]2CC[C@@H](C[C@@H](N)[C@@H]4CC(=O)[C@H](C)/C=C(\C)[C@@H](O)[C@@H](O)C(=O)[C@H](C)C[C@H](C)/C=C/C=C/C=C(\C)[C@@H](OC)C[C@@H]5CC[C@@H](C)[C@@](O)(O5)C(=O)C(=O)N5CCCC[C@H]5C(=O)O4)C[C@H]2OC)C3)CC1. The number of ether oxygens (including phenoxy) is 6. The molecule has 22 heteroatoms. The fourth-order valence-electron chi connectivity index (χ4n) is 13.2. The zero-order valence-corrected chi connectivity index (χ0v) is 53.6. The molecule has 0 spiro atoms. The van der Waals surface area contributed by atoms with Gasteiger partial charge in [0.05, 0.1) is 37.2 Å². The molecule has 88 heavy (non-hydrogen) atoms. The van der Waals surface area contributed by atoms with Crippen molar-refractivity contribution >= 4 is 41.3 Å². The summed E-state index contributed by atoms with van der Waals surface area (Å²) in [5.74, 6) is -8.39. The predicted octanol–water partition coefficient (Wildman–Crippen LogP) is 5.76. The van der Waals surface area contributed by atoms with E-state index in [4.69, 9.17) is 44.1 Å². The second-order valence-corrected chi connectivity index (χ2v) is 25.7. The van der Waals surface area contributed by atoms with E-state index in [-0.39, 0.29) is 49.6 Å². The van der Waals surface area contributed by atoms with Crippen molar-refractivity contribution in [2.45, 2.75) is 206 Å². The zero-order valence-electron chi connectivity index (χ0n) is 53.6. The number of nitrogens with two attached hydrogens (primary N) is 1. The van der Waals surface area contributed by atoms with Crippen molar-refractivity contribution in [1.82, 2.24) is 24.7 Å². The first-order valence-corrected chi connectivity index (χ1v) is 32.3. The van der Waals surface area contributed by atoms with Crippen LogP contribution in [0.25, 0.3) is 0 Å². The molecule has 1 aliphatic carbocycles. The Morgan fingerprint density at radius 3 is 2.34 bits per heavy atom. The molecule has 3 saturated heterocycles. The molecule has 4 fully saturated rings. The van der Waals surface area contributed by atoms with E-state index in [1.807, 2.05) is 50.4 Å². The number of aromatic nitrogens is 2. The predicted molar refractivity (Wildman–Crippen MR) is 329 cm³/mol. The average molecular weight is 1230 g/mol. The number of ketones is 3. The first kappa shape index (κ1) is 70.2. The lowest BCUT2D eigenvalue weighted by atomic mass is 9.80. The third kappa shape index (κ3) is 18.4. The number of nitrogens with zero attached hydrogens (tertiary/aromatic N) is 6. The number of allylic oxidation sites excluding steroid dienone is 6. The van der Waals surface area contributed by atoms with E-state index < -0.39 is 114 Å². The molecule has 0 radical (unpaired) electrons. The highest BCUT2D eigenvalue weighted by atomic mass is 16.6. The van der Waals surface area contributed by atoms with E-state index in [1.165, 1.54) is 13.0 Å². The van der Waals surface area contributed by atoms with Crippen LogP contribution >= 0.6 is 0 Å². The summed E-state index contributed by atoms with van der Waals surface area (Å²) in [5.41, 5.74) is 9.87. The molecule has 1 aromatic heterocycles. The van der Waals surface area contributed by atoms with E-state index in [0.717, 1.165) is 74.1 Å². The number of hydrogen-bond acceptors (Lipinski definition) is 20. The first-order valence-electron chi connectivity index (χ1n) is 32.3. The van der Waals surface area contributed by atoms with Crippen LogP contribution < -0.4 is 10.6 Å². The van der Waals surface area contributed by atoms with Gasteiger partial charge in [0, 0.05) is 121 Å². The summed E-state index contributed by atoms with van der Waals surface area (Å²) >= 11 is 0. The van der Waals surface area contributed by atoms with Crippen LogP contribution in [-0.2, 0) is 65.4 Å². The third-order valence-corrected chi connectivity index (χ3v) is 19.0. The van der Waals surface area contributed by atoms with Crippen LogP contribution in [0.2, 0.25) is 0 Å². The molecule has 5 N–H and O–H groups in total. The van der Waals surface area contributed by atoms with Gasteiger partial charge in [-0.3, -0.25) is 24.1 Å². The van der Waals surface area contributed by atoms with Gasteiger partial charge in [0.1, 0.15) is 36.2 Å². The number of fused-ring (bicyclic) bond motifs is 4. The Labute approximate surface area is 520 Å². The Balaban J connectivity index is 1.05. The summed E-state index contributed by atoms with van der Waals surface area (Å²) in [5, 5.41) is 34.5. The van der Waals surface area contributed by atoms with Crippen LogP contribution in [0.1, 0.15) is 143 Å². The molecule has 5 aliphatic heterocycles. The van der Waals surface area contributed by atoms with Crippen molar-refractivity contribution in [3.05, 3.63) is 65.1 Å². The monoisotopic (exact) mass is 1230 g/mol. The highest BCUT2D eigenvalue weighted by Gasteiger charge is 2.53. The number of amides is 2. The minimum atomic E-state index is -2.49. The number of carbonyl (C=O) groups excluding carboxylic acids is 6. The number of hydrogen-bond donors (Lipinski definition) is 4. The summed E-state index contributed by atoms with van der Waals surface area (Å²) in [4.78, 5) is 102. The van der Waals surface area contributed by atoms with Crippen molar-refractivity contribution in [2.24, 2.45) is 35.3 Å². The number of methoxy groups -OCH3 is 2. The lowest BCUT2D eigenvalue weighted by molar-refractivity contribution is -0.265. The number of anilines is 1. The van der Waals surface area contributed by atoms with E-state index in [0.29, 0.717) is 76.8 Å². The fraction of sp³-hybridized carbons (Fsp3) is 0.727. The Morgan fingerprint density at radius 2 is 1.61 bits per heavy atom. The maximum Gasteiger partial charge on any atom is 0.410 e. The number of Topliss-reactive ketones (excluding diaryl/α,β-unsaturated/α-hetero) is 3. The van der Waals surface area contributed by atoms with E-state index in [2.05, 4.69) is 16.7 Å². The minimum absolute atomic E-state index is 0.0169. The van der Waals surface area contributed by atoms with Gasteiger partial charge in [-0.2, -0.15) is 0 Å². The Kier molecular flexibility index (Phi) is 26.4. The molecule has 0 unspecified atom stereocenters. The van der Waals surface area contributed by atoms with E-state index in [9.17, 15) is 44.1 Å². The van der Waals surface area contributed by atoms with Gasteiger partial charge in [0.2, 0.25) is 11.7 Å². The molecule has 7 rings (SSSR count). The van der Waals surface area contributed by atoms with Crippen LogP contribution in [-0.4, -0.2) is 209 Å².